The van der Waals surface area contributed by atoms with Crippen LogP contribution in [0.4, 0.5) is 0 Å². The van der Waals surface area contributed by atoms with E-state index in [1.165, 1.54) is 12.7 Å². The second kappa shape index (κ2) is 6.46. The standard InChI is InChI=1S/C11H19N5O2/c1-18-6-5-16(7-9-3-2-4-12-9)11(17)10-13-8-14-15-10/h8-9,12H,2-7H2,1H3,(H,13,14,15). The number of hydrogen-bond acceptors (Lipinski definition) is 5. The predicted octanol–water partition coefficient (Wildman–Crippen LogP) is -0.355. The van der Waals surface area contributed by atoms with Crippen LogP contribution in [0.25, 0.3) is 0 Å². The van der Waals surface area contributed by atoms with Gasteiger partial charge in [-0.05, 0) is 19.4 Å². The molecule has 1 aromatic rings. The molecule has 0 saturated carbocycles. The molecule has 1 aromatic heterocycles. The van der Waals surface area contributed by atoms with Gasteiger partial charge >= 0.3 is 0 Å². The Balaban J connectivity index is 1.96. The first kappa shape index (κ1) is 13.0. The van der Waals surface area contributed by atoms with Gasteiger partial charge in [-0.15, -0.1) is 0 Å². The molecule has 7 heteroatoms. The highest BCUT2D eigenvalue weighted by Gasteiger charge is 2.23. The van der Waals surface area contributed by atoms with Crippen molar-refractivity contribution in [3.05, 3.63) is 12.2 Å². The molecule has 7 nitrogen and oxygen atoms in total. The van der Waals surface area contributed by atoms with E-state index in [0.29, 0.717) is 25.7 Å². The zero-order valence-electron chi connectivity index (χ0n) is 10.6. The Morgan fingerprint density at radius 1 is 1.67 bits per heavy atom. The Morgan fingerprint density at radius 3 is 3.17 bits per heavy atom. The Hall–Kier alpha value is -1.47. The summed E-state index contributed by atoms with van der Waals surface area (Å²) in [6.45, 7) is 2.79. The van der Waals surface area contributed by atoms with Crippen molar-refractivity contribution < 1.29 is 9.53 Å². The average Bonchev–Trinajstić information content (AvgIpc) is 3.06. The Labute approximate surface area is 106 Å². The quantitative estimate of drug-likeness (QED) is 0.723. The van der Waals surface area contributed by atoms with Gasteiger partial charge in [-0.3, -0.25) is 9.89 Å². The van der Waals surface area contributed by atoms with E-state index in [1.54, 1.807) is 12.0 Å². The second-order valence-electron chi connectivity index (χ2n) is 4.37. The number of aromatic amines is 1. The van der Waals surface area contributed by atoms with E-state index in [1.807, 2.05) is 0 Å². The Kier molecular flexibility index (Phi) is 4.66. The smallest absolute Gasteiger partial charge is 0.291 e. The van der Waals surface area contributed by atoms with Gasteiger partial charge < -0.3 is 15.0 Å². The molecule has 1 fully saturated rings. The molecule has 1 unspecified atom stereocenters. The number of carbonyl (C=O) groups excluding carboxylic acids is 1. The van der Waals surface area contributed by atoms with Crippen LogP contribution < -0.4 is 5.32 Å². The molecule has 2 N–H and O–H groups in total. The van der Waals surface area contributed by atoms with Crippen molar-refractivity contribution in [3.63, 3.8) is 0 Å². The van der Waals surface area contributed by atoms with Crippen molar-refractivity contribution in [2.75, 3.05) is 33.4 Å². The zero-order valence-corrected chi connectivity index (χ0v) is 10.6. The lowest BCUT2D eigenvalue weighted by atomic mass is 10.2. The molecular weight excluding hydrogens is 234 g/mol. The largest absolute Gasteiger partial charge is 0.383 e. The molecule has 0 radical (unpaired) electrons. The summed E-state index contributed by atoms with van der Waals surface area (Å²) in [6, 6.07) is 0.369. The molecule has 1 aliphatic heterocycles. The molecule has 0 aromatic carbocycles. The fraction of sp³-hybridized carbons (Fsp3) is 0.727. The van der Waals surface area contributed by atoms with Crippen LogP contribution in [0.15, 0.2) is 6.33 Å². The summed E-state index contributed by atoms with van der Waals surface area (Å²) >= 11 is 0. The number of nitrogens with one attached hydrogen (secondary N) is 2. The fourth-order valence-electron chi connectivity index (χ4n) is 2.11. The van der Waals surface area contributed by atoms with Crippen molar-refractivity contribution in [2.45, 2.75) is 18.9 Å². The van der Waals surface area contributed by atoms with Gasteiger partial charge in [0.25, 0.3) is 5.91 Å². The van der Waals surface area contributed by atoms with E-state index in [4.69, 9.17) is 4.74 Å². The fourth-order valence-corrected chi connectivity index (χ4v) is 2.11. The molecule has 1 saturated heterocycles. The SMILES string of the molecule is COCCN(CC1CCCN1)C(=O)c1ncn[nH]1. The summed E-state index contributed by atoms with van der Waals surface area (Å²) in [5.41, 5.74) is 0. The predicted molar refractivity (Wildman–Crippen MR) is 65.2 cm³/mol. The van der Waals surface area contributed by atoms with Crippen molar-refractivity contribution in [2.24, 2.45) is 0 Å². The van der Waals surface area contributed by atoms with Crippen molar-refractivity contribution in [3.8, 4) is 0 Å². The number of nitrogens with zero attached hydrogens (tertiary/aromatic N) is 3. The third kappa shape index (κ3) is 3.27. The number of methoxy groups -OCH3 is 1. The summed E-state index contributed by atoms with van der Waals surface area (Å²) in [6.07, 6.45) is 3.61. The first-order valence-electron chi connectivity index (χ1n) is 6.18. The maximum absolute atomic E-state index is 12.2. The van der Waals surface area contributed by atoms with Crippen LogP contribution in [0.1, 0.15) is 23.5 Å². The third-order valence-corrected chi connectivity index (χ3v) is 3.07. The topological polar surface area (TPSA) is 83.1 Å². The molecule has 0 spiro atoms. The maximum atomic E-state index is 12.2. The lowest BCUT2D eigenvalue weighted by molar-refractivity contribution is 0.0668. The van der Waals surface area contributed by atoms with E-state index in [2.05, 4.69) is 20.5 Å². The molecule has 0 aliphatic carbocycles. The number of rotatable bonds is 6. The number of H-pyrrole nitrogens is 1. The molecule has 1 atom stereocenters. The van der Waals surface area contributed by atoms with E-state index in [-0.39, 0.29) is 11.7 Å². The van der Waals surface area contributed by atoms with Crippen LogP contribution in [0.5, 0.6) is 0 Å². The van der Waals surface area contributed by atoms with Gasteiger partial charge in [0.15, 0.2) is 0 Å². The van der Waals surface area contributed by atoms with Crippen molar-refractivity contribution >= 4 is 5.91 Å². The zero-order chi connectivity index (χ0) is 12.8. The summed E-state index contributed by atoms with van der Waals surface area (Å²) in [5, 5.41) is 9.70. The number of amides is 1. The molecule has 100 valence electrons. The Bertz CT molecular complexity index is 362. The number of carbonyl (C=O) groups is 1. The molecule has 18 heavy (non-hydrogen) atoms. The van der Waals surface area contributed by atoms with Crippen LogP contribution in [0.3, 0.4) is 0 Å². The van der Waals surface area contributed by atoms with E-state index in [9.17, 15) is 4.79 Å². The molecule has 1 aliphatic rings. The third-order valence-electron chi connectivity index (χ3n) is 3.07. The summed E-state index contributed by atoms with van der Waals surface area (Å²) in [5.74, 6) is 0.155. The van der Waals surface area contributed by atoms with E-state index >= 15 is 0 Å². The maximum Gasteiger partial charge on any atom is 0.291 e. The van der Waals surface area contributed by atoms with Crippen LogP contribution in [0.2, 0.25) is 0 Å². The highest BCUT2D eigenvalue weighted by atomic mass is 16.5. The minimum absolute atomic E-state index is 0.127. The average molecular weight is 253 g/mol. The number of hydrogen-bond donors (Lipinski definition) is 2. The minimum atomic E-state index is -0.127. The first-order chi connectivity index (χ1) is 8.81. The molecular formula is C11H19N5O2. The lowest BCUT2D eigenvalue weighted by Crippen LogP contribution is -2.43. The van der Waals surface area contributed by atoms with Crippen molar-refractivity contribution in [1.82, 2.24) is 25.4 Å². The van der Waals surface area contributed by atoms with Crippen LogP contribution >= 0.6 is 0 Å². The van der Waals surface area contributed by atoms with E-state index < -0.39 is 0 Å². The summed E-state index contributed by atoms with van der Waals surface area (Å²) in [4.78, 5) is 17.9. The normalized spacial score (nSPS) is 19.1. The number of aromatic nitrogens is 3. The first-order valence-corrected chi connectivity index (χ1v) is 6.18. The molecule has 0 bridgehead atoms. The van der Waals surface area contributed by atoms with Gasteiger partial charge in [-0.25, -0.2) is 4.98 Å². The van der Waals surface area contributed by atoms with Gasteiger partial charge in [0.1, 0.15) is 6.33 Å². The van der Waals surface area contributed by atoms with Gasteiger partial charge in [-0.1, -0.05) is 0 Å². The molecule has 2 heterocycles. The summed E-state index contributed by atoms with van der Waals surface area (Å²) < 4.78 is 5.04. The highest BCUT2D eigenvalue weighted by molar-refractivity contribution is 5.90. The van der Waals surface area contributed by atoms with Crippen LogP contribution in [-0.2, 0) is 4.74 Å². The molecule has 1 amide bonds. The minimum Gasteiger partial charge on any atom is -0.383 e. The Morgan fingerprint density at radius 2 is 2.56 bits per heavy atom. The molecule has 2 rings (SSSR count). The van der Waals surface area contributed by atoms with Gasteiger partial charge in [0, 0.05) is 26.2 Å². The van der Waals surface area contributed by atoms with Gasteiger partial charge in [0.05, 0.1) is 6.61 Å². The monoisotopic (exact) mass is 253 g/mol. The van der Waals surface area contributed by atoms with Gasteiger partial charge in [-0.2, -0.15) is 5.10 Å². The lowest BCUT2D eigenvalue weighted by Gasteiger charge is -2.24. The van der Waals surface area contributed by atoms with Crippen LogP contribution in [-0.4, -0.2) is 65.4 Å². The van der Waals surface area contributed by atoms with Gasteiger partial charge in [0.2, 0.25) is 5.82 Å². The van der Waals surface area contributed by atoms with E-state index in [0.717, 1.165) is 13.0 Å². The number of ether oxygens (including phenoxy) is 1. The summed E-state index contributed by atoms with van der Waals surface area (Å²) in [7, 11) is 1.63. The van der Waals surface area contributed by atoms with Crippen LogP contribution in [0, 0.1) is 0 Å². The highest BCUT2D eigenvalue weighted by Crippen LogP contribution is 2.08. The second-order valence-corrected chi connectivity index (χ2v) is 4.37. The van der Waals surface area contributed by atoms with Crippen molar-refractivity contribution in [1.29, 1.82) is 0 Å².